The molecule has 0 aliphatic rings. The molecular formula is C14H10BrN3O3. The van der Waals surface area contributed by atoms with Crippen LogP contribution in [0.25, 0.3) is 11.5 Å². The Morgan fingerprint density at radius 3 is 2.76 bits per heavy atom. The van der Waals surface area contributed by atoms with E-state index in [4.69, 9.17) is 9.15 Å². The number of ether oxygens (including phenoxy) is 1. The van der Waals surface area contributed by atoms with Gasteiger partial charge < -0.3 is 14.4 Å². The van der Waals surface area contributed by atoms with Crippen LogP contribution in [0.3, 0.4) is 0 Å². The number of hydrogen-bond acceptors (Lipinski definition) is 5. The fourth-order valence-corrected chi connectivity index (χ4v) is 2.17. The van der Waals surface area contributed by atoms with Crippen molar-refractivity contribution in [2.75, 3.05) is 0 Å². The van der Waals surface area contributed by atoms with Gasteiger partial charge in [-0.1, -0.05) is 12.1 Å². The van der Waals surface area contributed by atoms with Gasteiger partial charge in [0, 0.05) is 10.5 Å². The summed E-state index contributed by atoms with van der Waals surface area (Å²) in [5, 5.41) is 19.3. The molecule has 21 heavy (non-hydrogen) atoms. The standard InChI is InChI=1S/C14H10BrN3O3/c15-11-6-2-1-5-10(11)14-17-16-12(21-14)9-20-13-7-3-4-8-18(13)19/h1-8H,9H2. The fourth-order valence-electron chi connectivity index (χ4n) is 1.72. The van der Waals surface area contributed by atoms with Gasteiger partial charge in [0.05, 0.1) is 11.6 Å². The lowest BCUT2D eigenvalue weighted by Crippen LogP contribution is -2.27. The summed E-state index contributed by atoms with van der Waals surface area (Å²) in [6.45, 7) is 0.0315. The Balaban J connectivity index is 1.74. The molecule has 0 spiro atoms. The number of aromatic nitrogens is 3. The van der Waals surface area contributed by atoms with E-state index in [1.54, 1.807) is 18.2 Å². The number of halogens is 1. The average Bonchev–Trinajstić information content (AvgIpc) is 2.96. The van der Waals surface area contributed by atoms with E-state index >= 15 is 0 Å². The van der Waals surface area contributed by atoms with Gasteiger partial charge in [-0.3, -0.25) is 0 Å². The Bertz CT molecular complexity index is 760. The number of benzene rings is 1. The van der Waals surface area contributed by atoms with E-state index in [1.807, 2.05) is 24.3 Å². The molecule has 2 heterocycles. The average molecular weight is 348 g/mol. The monoisotopic (exact) mass is 347 g/mol. The highest BCUT2D eigenvalue weighted by Crippen LogP contribution is 2.26. The minimum absolute atomic E-state index is 0.0315. The quantitative estimate of drug-likeness (QED) is 0.535. The van der Waals surface area contributed by atoms with Gasteiger partial charge in [0.1, 0.15) is 0 Å². The van der Waals surface area contributed by atoms with Gasteiger partial charge in [-0.05, 0) is 34.1 Å². The van der Waals surface area contributed by atoms with Crippen LogP contribution in [0.5, 0.6) is 5.88 Å². The summed E-state index contributed by atoms with van der Waals surface area (Å²) in [7, 11) is 0. The van der Waals surface area contributed by atoms with Crippen molar-refractivity contribution in [1.29, 1.82) is 0 Å². The molecule has 0 atom stereocenters. The predicted molar refractivity (Wildman–Crippen MR) is 77.2 cm³/mol. The summed E-state index contributed by atoms with van der Waals surface area (Å²) in [4.78, 5) is 0. The molecule has 106 valence electrons. The lowest BCUT2D eigenvalue weighted by atomic mass is 10.2. The first-order valence-corrected chi connectivity index (χ1v) is 6.91. The largest absolute Gasteiger partial charge is 0.616 e. The summed E-state index contributed by atoms with van der Waals surface area (Å²) in [5.74, 6) is 0.867. The van der Waals surface area contributed by atoms with E-state index in [-0.39, 0.29) is 12.5 Å². The van der Waals surface area contributed by atoms with Crippen molar-refractivity contribution >= 4 is 15.9 Å². The van der Waals surface area contributed by atoms with Crippen LogP contribution >= 0.6 is 15.9 Å². The van der Waals surface area contributed by atoms with Crippen molar-refractivity contribution in [3.05, 3.63) is 64.2 Å². The molecule has 0 aliphatic carbocycles. The highest BCUT2D eigenvalue weighted by atomic mass is 79.9. The molecular weight excluding hydrogens is 338 g/mol. The summed E-state index contributed by atoms with van der Waals surface area (Å²) in [6.07, 6.45) is 1.36. The van der Waals surface area contributed by atoms with Crippen LogP contribution in [0.2, 0.25) is 0 Å². The van der Waals surface area contributed by atoms with Crippen molar-refractivity contribution in [2.45, 2.75) is 6.61 Å². The molecule has 0 radical (unpaired) electrons. The molecule has 0 saturated carbocycles. The Morgan fingerprint density at radius 2 is 1.95 bits per heavy atom. The second-order valence-electron chi connectivity index (χ2n) is 4.13. The van der Waals surface area contributed by atoms with Gasteiger partial charge in [-0.25, -0.2) is 0 Å². The molecule has 7 heteroatoms. The van der Waals surface area contributed by atoms with Gasteiger partial charge in [-0.2, -0.15) is 0 Å². The van der Waals surface area contributed by atoms with Crippen LogP contribution < -0.4 is 9.47 Å². The Morgan fingerprint density at radius 1 is 1.14 bits per heavy atom. The normalized spacial score (nSPS) is 10.5. The third-order valence-electron chi connectivity index (χ3n) is 2.70. The smallest absolute Gasteiger partial charge is 0.379 e. The molecule has 2 aromatic heterocycles. The van der Waals surface area contributed by atoms with Crippen molar-refractivity contribution in [3.63, 3.8) is 0 Å². The first kappa shape index (κ1) is 13.6. The highest BCUT2D eigenvalue weighted by molar-refractivity contribution is 9.10. The van der Waals surface area contributed by atoms with E-state index in [0.717, 1.165) is 10.0 Å². The highest BCUT2D eigenvalue weighted by Gasteiger charge is 2.13. The molecule has 0 bridgehead atoms. The van der Waals surface area contributed by atoms with E-state index in [9.17, 15) is 5.21 Å². The van der Waals surface area contributed by atoms with Crippen LogP contribution in [0, 0.1) is 5.21 Å². The third-order valence-corrected chi connectivity index (χ3v) is 3.39. The Hall–Kier alpha value is -2.41. The van der Waals surface area contributed by atoms with Crippen LogP contribution in [0.4, 0.5) is 0 Å². The van der Waals surface area contributed by atoms with Crippen LogP contribution in [0.15, 0.2) is 57.6 Å². The van der Waals surface area contributed by atoms with Gasteiger partial charge >= 0.3 is 5.88 Å². The van der Waals surface area contributed by atoms with Crippen LogP contribution in [-0.2, 0) is 6.61 Å². The zero-order valence-corrected chi connectivity index (χ0v) is 12.4. The molecule has 0 aliphatic heterocycles. The van der Waals surface area contributed by atoms with Crippen molar-refractivity contribution < 1.29 is 13.9 Å². The van der Waals surface area contributed by atoms with Gasteiger partial charge in [0.25, 0.3) is 5.89 Å². The molecule has 0 N–H and O–H groups in total. The Labute approximate surface area is 128 Å². The predicted octanol–water partition coefficient (Wildman–Crippen LogP) is 2.71. The van der Waals surface area contributed by atoms with Crippen molar-refractivity contribution in [1.82, 2.24) is 10.2 Å². The molecule has 6 nitrogen and oxygen atoms in total. The fraction of sp³-hybridized carbons (Fsp3) is 0.0714. The summed E-state index contributed by atoms with van der Waals surface area (Å²) in [5.41, 5.74) is 0.801. The topological polar surface area (TPSA) is 75.1 Å². The van der Waals surface area contributed by atoms with E-state index < -0.39 is 0 Å². The van der Waals surface area contributed by atoms with Gasteiger partial charge in [0.15, 0.2) is 12.8 Å². The molecule has 0 saturated heterocycles. The molecule has 0 amide bonds. The number of rotatable bonds is 4. The van der Waals surface area contributed by atoms with E-state index in [1.165, 1.54) is 6.20 Å². The minimum Gasteiger partial charge on any atom is -0.616 e. The van der Waals surface area contributed by atoms with Gasteiger partial charge in [0.2, 0.25) is 5.89 Å². The summed E-state index contributed by atoms with van der Waals surface area (Å²) >= 11 is 3.42. The molecule has 3 aromatic rings. The van der Waals surface area contributed by atoms with E-state index in [2.05, 4.69) is 26.1 Å². The zero-order chi connectivity index (χ0) is 14.7. The Kier molecular flexibility index (Phi) is 3.83. The second kappa shape index (κ2) is 5.92. The maximum atomic E-state index is 11.4. The maximum absolute atomic E-state index is 11.4. The van der Waals surface area contributed by atoms with Crippen molar-refractivity contribution in [3.8, 4) is 17.3 Å². The molecule has 0 fully saturated rings. The summed E-state index contributed by atoms with van der Waals surface area (Å²) in [6, 6.07) is 12.4. The van der Waals surface area contributed by atoms with Gasteiger partial charge in [-0.15, -0.1) is 14.9 Å². The first-order chi connectivity index (χ1) is 10.2. The molecule has 1 aromatic carbocycles. The second-order valence-corrected chi connectivity index (χ2v) is 4.99. The SMILES string of the molecule is [O-][n+]1ccccc1OCc1nnc(-c2ccccc2Br)o1. The van der Waals surface area contributed by atoms with Crippen LogP contribution in [-0.4, -0.2) is 10.2 Å². The lowest BCUT2D eigenvalue weighted by molar-refractivity contribution is -0.613. The van der Waals surface area contributed by atoms with Crippen molar-refractivity contribution in [2.24, 2.45) is 0 Å². The zero-order valence-electron chi connectivity index (χ0n) is 10.8. The van der Waals surface area contributed by atoms with E-state index in [0.29, 0.717) is 16.5 Å². The number of hydrogen-bond donors (Lipinski definition) is 0. The third kappa shape index (κ3) is 3.03. The number of nitrogens with zero attached hydrogens (tertiary/aromatic N) is 3. The minimum atomic E-state index is 0.0315. The molecule has 0 unspecified atom stereocenters. The number of pyridine rings is 1. The summed E-state index contributed by atoms with van der Waals surface area (Å²) < 4.78 is 12.4. The molecule has 3 rings (SSSR count). The maximum Gasteiger partial charge on any atom is 0.379 e. The first-order valence-electron chi connectivity index (χ1n) is 6.12. The van der Waals surface area contributed by atoms with Crippen LogP contribution in [0.1, 0.15) is 5.89 Å². The lowest BCUT2D eigenvalue weighted by Gasteiger charge is -2.03.